The minimum absolute atomic E-state index is 0.973. The van der Waals surface area contributed by atoms with E-state index in [0.717, 1.165) is 5.84 Å². The third-order valence-corrected chi connectivity index (χ3v) is 2.33. The third-order valence-electron chi connectivity index (χ3n) is 2.33. The maximum atomic E-state index is 4.09. The molecule has 0 aromatic rings. The molecule has 1 aliphatic carbocycles. The summed E-state index contributed by atoms with van der Waals surface area (Å²) in [5.41, 5.74) is 2.66. The van der Waals surface area contributed by atoms with E-state index < -0.39 is 0 Å². The number of rotatable bonds is 2. The van der Waals surface area contributed by atoms with Gasteiger partial charge in [-0.25, -0.2) is 0 Å². The molecule has 0 aliphatic heterocycles. The molecule has 0 aromatic carbocycles. The number of amidine groups is 1. The molecular formula is C11H18N2. The van der Waals surface area contributed by atoms with Gasteiger partial charge in [-0.3, -0.25) is 4.99 Å². The van der Waals surface area contributed by atoms with Crippen molar-refractivity contribution in [2.24, 2.45) is 4.99 Å². The molecule has 72 valence electrons. The van der Waals surface area contributed by atoms with Crippen LogP contribution >= 0.6 is 0 Å². The van der Waals surface area contributed by atoms with Crippen molar-refractivity contribution in [1.82, 2.24) is 5.32 Å². The van der Waals surface area contributed by atoms with Crippen molar-refractivity contribution in [2.75, 3.05) is 7.05 Å². The Morgan fingerprint density at radius 1 is 1.62 bits per heavy atom. The van der Waals surface area contributed by atoms with Gasteiger partial charge in [0.1, 0.15) is 0 Å². The molecule has 1 aliphatic rings. The van der Waals surface area contributed by atoms with Crippen LogP contribution in [0.3, 0.4) is 0 Å². The van der Waals surface area contributed by atoms with Crippen LogP contribution in [-0.2, 0) is 0 Å². The Morgan fingerprint density at radius 3 is 2.85 bits per heavy atom. The Hall–Kier alpha value is -1.05. The highest BCUT2D eigenvalue weighted by atomic mass is 15.0. The molecule has 0 saturated carbocycles. The van der Waals surface area contributed by atoms with Gasteiger partial charge < -0.3 is 5.32 Å². The second-order valence-corrected chi connectivity index (χ2v) is 3.26. The zero-order chi connectivity index (χ0) is 9.68. The van der Waals surface area contributed by atoms with E-state index in [1.54, 1.807) is 7.05 Å². The third kappa shape index (κ3) is 2.72. The highest BCUT2D eigenvalue weighted by Crippen LogP contribution is 2.22. The number of nitrogens with zero attached hydrogens (tertiary/aromatic N) is 1. The molecule has 0 heterocycles. The molecule has 0 bridgehead atoms. The fraction of sp³-hybridized carbons (Fsp3) is 0.545. The van der Waals surface area contributed by atoms with Crippen LogP contribution < -0.4 is 5.32 Å². The van der Waals surface area contributed by atoms with Gasteiger partial charge in [0.2, 0.25) is 0 Å². The Kier molecular flexibility index (Phi) is 3.74. The largest absolute Gasteiger partial charge is 0.344 e. The van der Waals surface area contributed by atoms with Gasteiger partial charge >= 0.3 is 0 Å². The Bertz CT molecular complexity index is 259. The molecule has 0 amide bonds. The number of aliphatic imine (C=N–C) groups is 1. The molecule has 0 fully saturated rings. The average molecular weight is 178 g/mol. The zero-order valence-electron chi connectivity index (χ0n) is 8.72. The van der Waals surface area contributed by atoms with E-state index in [2.05, 4.69) is 29.4 Å². The van der Waals surface area contributed by atoms with E-state index in [1.807, 2.05) is 6.92 Å². The molecule has 13 heavy (non-hydrogen) atoms. The first kappa shape index (κ1) is 10.0. The summed E-state index contributed by atoms with van der Waals surface area (Å²) in [6.45, 7) is 4.05. The minimum Gasteiger partial charge on any atom is -0.344 e. The number of hydrogen-bond acceptors (Lipinski definition) is 1. The maximum absolute atomic E-state index is 4.09. The first-order chi connectivity index (χ1) is 6.27. The number of nitrogens with one attached hydrogen (secondary N) is 1. The van der Waals surface area contributed by atoms with Crippen LogP contribution in [0, 0.1) is 0 Å². The lowest BCUT2D eigenvalue weighted by molar-refractivity contribution is 0.898. The van der Waals surface area contributed by atoms with Gasteiger partial charge in [0, 0.05) is 12.7 Å². The predicted octanol–water partition coefficient (Wildman–Crippen LogP) is 2.64. The van der Waals surface area contributed by atoms with Crippen LogP contribution in [0.1, 0.15) is 33.1 Å². The molecule has 0 aromatic heterocycles. The van der Waals surface area contributed by atoms with Gasteiger partial charge in [-0.05, 0) is 38.7 Å². The predicted molar refractivity (Wildman–Crippen MR) is 57.9 cm³/mol. The quantitative estimate of drug-likeness (QED) is 0.510. The van der Waals surface area contributed by atoms with E-state index in [1.165, 1.54) is 30.5 Å². The Morgan fingerprint density at radius 2 is 2.38 bits per heavy atom. The summed E-state index contributed by atoms with van der Waals surface area (Å²) in [5, 5.41) is 3.30. The monoisotopic (exact) mass is 178 g/mol. The summed E-state index contributed by atoms with van der Waals surface area (Å²) in [5.74, 6) is 0.973. The highest BCUT2D eigenvalue weighted by molar-refractivity contribution is 5.81. The van der Waals surface area contributed by atoms with Crippen molar-refractivity contribution in [3.63, 3.8) is 0 Å². The summed E-state index contributed by atoms with van der Waals surface area (Å²) in [6.07, 6.45) is 8.13. The second-order valence-electron chi connectivity index (χ2n) is 3.26. The van der Waals surface area contributed by atoms with E-state index in [0.29, 0.717) is 0 Å². The summed E-state index contributed by atoms with van der Waals surface area (Å²) < 4.78 is 0. The average Bonchev–Trinajstić information content (AvgIpc) is 2.66. The van der Waals surface area contributed by atoms with Crippen molar-refractivity contribution in [3.05, 3.63) is 23.4 Å². The molecule has 0 unspecified atom stereocenters. The highest BCUT2D eigenvalue weighted by Gasteiger charge is 2.08. The normalized spacial score (nSPS) is 18.8. The van der Waals surface area contributed by atoms with Gasteiger partial charge in [0.15, 0.2) is 0 Å². The minimum atomic E-state index is 0.973. The van der Waals surface area contributed by atoms with Crippen LogP contribution in [0.15, 0.2) is 28.4 Å². The van der Waals surface area contributed by atoms with Crippen LogP contribution in [-0.4, -0.2) is 12.9 Å². The van der Waals surface area contributed by atoms with Crippen LogP contribution in [0.25, 0.3) is 0 Å². The summed E-state index contributed by atoms with van der Waals surface area (Å²) in [7, 11) is 1.80. The summed E-state index contributed by atoms with van der Waals surface area (Å²) >= 11 is 0. The standard InChI is InChI=1S/C11H18N2/c1-4-11(13-9(2)12-3)10-7-5-6-8-10/h4,7H,5-6,8H2,1-3H3,(H,12,13)/b11-4-. The van der Waals surface area contributed by atoms with Gasteiger partial charge in [0.25, 0.3) is 0 Å². The topological polar surface area (TPSA) is 24.4 Å². The Labute approximate surface area is 80.4 Å². The molecule has 0 radical (unpaired) electrons. The first-order valence-electron chi connectivity index (χ1n) is 4.84. The molecule has 1 N–H and O–H groups in total. The smallest absolute Gasteiger partial charge is 0.0972 e. The SMILES string of the molecule is C/C=C(\NC(C)=NC)C1=CCCC1. The molecule has 2 nitrogen and oxygen atoms in total. The van der Waals surface area contributed by atoms with Crippen LogP contribution in [0.4, 0.5) is 0 Å². The van der Waals surface area contributed by atoms with Crippen molar-refractivity contribution in [1.29, 1.82) is 0 Å². The Balaban J connectivity index is 2.64. The molecule has 1 rings (SSSR count). The van der Waals surface area contributed by atoms with Gasteiger partial charge in [0.05, 0.1) is 5.84 Å². The second kappa shape index (κ2) is 4.85. The van der Waals surface area contributed by atoms with Crippen molar-refractivity contribution < 1.29 is 0 Å². The lowest BCUT2D eigenvalue weighted by atomic mass is 10.1. The number of hydrogen-bond donors (Lipinski definition) is 1. The van der Waals surface area contributed by atoms with Gasteiger partial charge in [-0.2, -0.15) is 0 Å². The molecule has 0 atom stereocenters. The fourth-order valence-corrected chi connectivity index (χ4v) is 1.50. The van der Waals surface area contributed by atoms with E-state index in [4.69, 9.17) is 0 Å². The van der Waals surface area contributed by atoms with Crippen LogP contribution in [0.5, 0.6) is 0 Å². The zero-order valence-corrected chi connectivity index (χ0v) is 8.72. The summed E-state index contributed by atoms with van der Waals surface area (Å²) in [4.78, 5) is 4.09. The van der Waals surface area contributed by atoms with Gasteiger partial charge in [-0.15, -0.1) is 0 Å². The van der Waals surface area contributed by atoms with Crippen LogP contribution in [0.2, 0.25) is 0 Å². The van der Waals surface area contributed by atoms with Crippen molar-refractivity contribution >= 4 is 5.84 Å². The van der Waals surface area contributed by atoms with E-state index in [9.17, 15) is 0 Å². The van der Waals surface area contributed by atoms with E-state index >= 15 is 0 Å². The summed E-state index contributed by atoms with van der Waals surface area (Å²) in [6, 6.07) is 0. The maximum Gasteiger partial charge on any atom is 0.0972 e. The molecule has 0 spiro atoms. The van der Waals surface area contributed by atoms with E-state index in [-0.39, 0.29) is 0 Å². The van der Waals surface area contributed by atoms with Crippen molar-refractivity contribution in [3.8, 4) is 0 Å². The first-order valence-corrected chi connectivity index (χ1v) is 4.84. The molecule has 2 heteroatoms. The lowest BCUT2D eigenvalue weighted by Gasteiger charge is -2.10. The number of allylic oxidation sites excluding steroid dienone is 3. The van der Waals surface area contributed by atoms with Crippen molar-refractivity contribution in [2.45, 2.75) is 33.1 Å². The fourth-order valence-electron chi connectivity index (χ4n) is 1.50. The lowest BCUT2D eigenvalue weighted by Crippen LogP contribution is -2.20. The van der Waals surface area contributed by atoms with Gasteiger partial charge in [-0.1, -0.05) is 12.2 Å². The molecule has 0 saturated heterocycles. The molecular weight excluding hydrogens is 160 g/mol.